The zero-order chi connectivity index (χ0) is 13.2. The van der Waals surface area contributed by atoms with Crippen LogP contribution in [0.2, 0.25) is 0 Å². The summed E-state index contributed by atoms with van der Waals surface area (Å²) in [5, 5.41) is 9.47. The maximum Gasteiger partial charge on any atom is 0.127 e. The molecule has 0 unspecified atom stereocenters. The molecular weight excluding hydrogens is 252 g/mol. The third kappa shape index (κ3) is 2.17. The quantitative estimate of drug-likeness (QED) is 0.691. The summed E-state index contributed by atoms with van der Waals surface area (Å²) in [6.45, 7) is 2.16. The normalized spacial score (nSPS) is 10.8. The molecule has 1 N–H and O–H groups in total. The molecule has 0 atom stereocenters. The van der Waals surface area contributed by atoms with Crippen molar-refractivity contribution >= 4 is 23.0 Å². The monoisotopic (exact) mass is 266 g/mol. The highest BCUT2D eigenvalue weighted by molar-refractivity contribution is 7.71. The zero-order valence-electron chi connectivity index (χ0n) is 10.7. The van der Waals surface area contributed by atoms with E-state index in [9.17, 15) is 0 Å². The predicted molar refractivity (Wildman–Crippen MR) is 81.7 cm³/mol. The number of aromatic amines is 1. The Kier molecular flexibility index (Phi) is 3.13. The van der Waals surface area contributed by atoms with E-state index in [1.165, 1.54) is 5.56 Å². The number of aryl methyl sites for hydroxylation is 1. The van der Waals surface area contributed by atoms with Gasteiger partial charge in [-0.3, -0.25) is 5.10 Å². The van der Waals surface area contributed by atoms with Crippen LogP contribution in [-0.4, -0.2) is 10.2 Å². The van der Waals surface area contributed by atoms with Crippen molar-refractivity contribution in [1.82, 2.24) is 10.2 Å². The van der Waals surface area contributed by atoms with E-state index in [2.05, 4.69) is 47.5 Å². The van der Waals surface area contributed by atoms with E-state index in [1.807, 2.05) is 18.2 Å². The maximum atomic E-state index is 5.28. The number of fused-ring (bicyclic) bond motifs is 1. The van der Waals surface area contributed by atoms with Gasteiger partial charge in [0.05, 0.1) is 5.69 Å². The van der Waals surface area contributed by atoms with Gasteiger partial charge in [-0.15, -0.1) is 0 Å². The van der Waals surface area contributed by atoms with Crippen LogP contribution in [0.25, 0.3) is 22.0 Å². The molecule has 0 aliphatic rings. The molecule has 0 saturated carbocycles. The molecule has 3 heteroatoms. The molecule has 0 fully saturated rings. The summed E-state index contributed by atoms with van der Waals surface area (Å²) in [6, 6.07) is 16.6. The van der Waals surface area contributed by atoms with Crippen LogP contribution in [0.15, 0.2) is 48.5 Å². The highest BCUT2D eigenvalue weighted by atomic mass is 32.1. The fourth-order valence-electron chi connectivity index (χ4n) is 2.23. The van der Waals surface area contributed by atoms with E-state index in [-0.39, 0.29) is 0 Å². The molecule has 3 aromatic rings. The first-order chi connectivity index (χ1) is 9.29. The molecule has 0 bridgehead atoms. The van der Waals surface area contributed by atoms with Gasteiger partial charge in [-0.2, -0.15) is 5.10 Å². The van der Waals surface area contributed by atoms with Crippen LogP contribution >= 0.6 is 12.2 Å². The number of hydrogen-bond donors (Lipinski definition) is 1. The Labute approximate surface area is 117 Å². The van der Waals surface area contributed by atoms with Gasteiger partial charge in [-0.25, -0.2) is 0 Å². The average Bonchev–Trinajstić information content (AvgIpc) is 2.48. The molecular formula is C16H14N2S. The molecule has 19 heavy (non-hydrogen) atoms. The molecule has 0 radical (unpaired) electrons. The fourth-order valence-corrected chi connectivity index (χ4v) is 2.46. The van der Waals surface area contributed by atoms with Crippen LogP contribution in [-0.2, 0) is 6.42 Å². The van der Waals surface area contributed by atoms with Gasteiger partial charge < -0.3 is 0 Å². The van der Waals surface area contributed by atoms with E-state index in [1.54, 1.807) is 0 Å². The first-order valence-corrected chi connectivity index (χ1v) is 6.77. The largest absolute Gasteiger partial charge is 0.267 e. The summed E-state index contributed by atoms with van der Waals surface area (Å²) in [7, 11) is 0. The molecule has 0 saturated heterocycles. The van der Waals surface area contributed by atoms with Crippen LogP contribution in [0, 0.1) is 4.64 Å². The van der Waals surface area contributed by atoms with Crippen molar-refractivity contribution in [3.63, 3.8) is 0 Å². The summed E-state index contributed by atoms with van der Waals surface area (Å²) >= 11 is 5.28. The number of H-pyrrole nitrogens is 1. The van der Waals surface area contributed by atoms with Crippen molar-refractivity contribution in [1.29, 1.82) is 0 Å². The number of aromatic nitrogens is 2. The van der Waals surface area contributed by atoms with Crippen LogP contribution in [0.3, 0.4) is 0 Å². The van der Waals surface area contributed by atoms with Crippen molar-refractivity contribution in [2.45, 2.75) is 13.3 Å². The van der Waals surface area contributed by atoms with Crippen molar-refractivity contribution in [3.8, 4) is 11.3 Å². The molecule has 2 nitrogen and oxygen atoms in total. The molecule has 3 rings (SSSR count). The summed E-state index contributed by atoms with van der Waals surface area (Å²) in [6.07, 6.45) is 1.05. The number of nitrogens with one attached hydrogen (secondary N) is 1. The number of hydrogen-bond acceptors (Lipinski definition) is 2. The number of nitrogens with zero attached hydrogens (tertiary/aromatic N) is 1. The zero-order valence-corrected chi connectivity index (χ0v) is 11.5. The van der Waals surface area contributed by atoms with E-state index < -0.39 is 0 Å². The Morgan fingerprint density at radius 2 is 1.68 bits per heavy atom. The summed E-state index contributed by atoms with van der Waals surface area (Å²) < 4.78 is 0.685. The second-order valence-electron chi connectivity index (χ2n) is 4.50. The molecule has 0 spiro atoms. The molecule has 1 heterocycles. The van der Waals surface area contributed by atoms with Crippen molar-refractivity contribution in [2.75, 3.05) is 0 Å². The predicted octanol–water partition coefficient (Wildman–Crippen LogP) is 4.52. The Balaban J connectivity index is 2.24. The minimum absolute atomic E-state index is 0.685. The molecule has 94 valence electrons. The lowest BCUT2D eigenvalue weighted by molar-refractivity contribution is 1.04. The molecule has 0 aliphatic carbocycles. The van der Waals surface area contributed by atoms with Gasteiger partial charge in [0.2, 0.25) is 0 Å². The number of benzene rings is 2. The Bertz CT molecular complexity index is 773. The molecule has 0 aliphatic heterocycles. The number of rotatable bonds is 2. The van der Waals surface area contributed by atoms with Crippen LogP contribution in [0.4, 0.5) is 0 Å². The average molecular weight is 266 g/mol. The summed E-state index contributed by atoms with van der Waals surface area (Å²) in [5.74, 6) is 0. The summed E-state index contributed by atoms with van der Waals surface area (Å²) in [5.41, 5.74) is 3.39. The first-order valence-electron chi connectivity index (χ1n) is 6.36. The van der Waals surface area contributed by atoms with Crippen LogP contribution < -0.4 is 0 Å². The van der Waals surface area contributed by atoms with Gasteiger partial charge in [0, 0.05) is 16.3 Å². The van der Waals surface area contributed by atoms with Gasteiger partial charge >= 0.3 is 0 Å². The fraction of sp³-hybridized carbons (Fsp3) is 0.125. The van der Waals surface area contributed by atoms with E-state index in [0.29, 0.717) is 4.64 Å². The Morgan fingerprint density at radius 3 is 2.37 bits per heavy atom. The smallest absolute Gasteiger partial charge is 0.127 e. The van der Waals surface area contributed by atoms with Gasteiger partial charge in [-0.1, -0.05) is 67.7 Å². The lowest BCUT2D eigenvalue weighted by atomic mass is 10.0. The standard InChI is InChI=1S/C16H14N2S/c1-2-11-7-9-12(10-8-11)15-13-5-3-4-6-14(13)16(19)18-17-15/h3-10H,2H2,1H3,(H,18,19). The van der Waals surface area contributed by atoms with Gasteiger partial charge in [-0.05, 0) is 12.0 Å². The van der Waals surface area contributed by atoms with E-state index >= 15 is 0 Å². The van der Waals surface area contributed by atoms with Gasteiger partial charge in [0.1, 0.15) is 4.64 Å². The summed E-state index contributed by atoms with van der Waals surface area (Å²) in [4.78, 5) is 0. The third-order valence-electron chi connectivity index (χ3n) is 3.33. The second kappa shape index (κ2) is 4.94. The van der Waals surface area contributed by atoms with E-state index in [0.717, 1.165) is 28.5 Å². The van der Waals surface area contributed by atoms with Crippen LogP contribution in [0.1, 0.15) is 12.5 Å². The molecule has 1 aromatic heterocycles. The van der Waals surface area contributed by atoms with Crippen molar-refractivity contribution < 1.29 is 0 Å². The highest BCUT2D eigenvalue weighted by Crippen LogP contribution is 2.26. The molecule has 2 aromatic carbocycles. The van der Waals surface area contributed by atoms with Gasteiger partial charge in [0.25, 0.3) is 0 Å². The van der Waals surface area contributed by atoms with Crippen molar-refractivity contribution in [3.05, 3.63) is 58.7 Å². The minimum Gasteiger partial charge on any atom is -0.267 e. The van der Waals surface area contributed by atoms with E-state index in [4.69, 9.17) is 12.2 Å². The SMILES string of the molecule is CCc1ccc(-c2n[nH]c(=S)c3ccccc23)cc1. The lowest BCUT2D eigenvalue weighted by Crippen LogP contribution is -1.91. The lowest BCUT2D eigenvalue weighted by Gasteiger charge is -2.06. The Hall–Kier alpha value is -2.00. The second-order valence-corrected chi connectivity index (χ2v) is 4.91. The topological polar surface area (TPSA) is 28.7 Å². The van der Waals surface area contributed by atoms with Crippen LogP contribution in [0.5, 0.6) is 0 Å². The minimum atomic E-state index is 0.685. The van der Waals surface area contributed by atoms with Gasteiger partial charge in [0.15, 0.2) is 0 Å². The maximum absolute atomic E-state index is 5.28. The third-order valence-corrected chi connectivity index (χ3v) is 3.64. The first kappa shape index (κ1) is 12.1. The Morgan fingerprint density at radius 1 is 1.00 bits per heavy atom. The highest BCUT2D eigenvalue weighted by Gasteiger charge is 2.06. The van der Waals surface area contributed by atoms with Crippen molar-refractivity contribution in [2.24, 2.45) is 0 Å². The molecule has 0 amide bonds.